The molecule has 0 aliphatic heterocycles. The maximum Gasteiger partial charge on any atom is 0.234 e. The Bertz CT molecular complexity index is 833. The van der Waals surface area contributed by atoms with E-state index in [4.69, 9.17) is 0 Å². The van der Waals surface area contributed by atoms with Crippen molar-refractivity contribution in [1.82, 2.24) is 5.32 Å². The number of benzene rings is 1. The number of anilines is 2. The molecular weight excluding hydrogens is 362 g/mol. The van der Waals surface area contributed by atoms with Gasteiger partial charge in [0.1, 0.15) is 0 Å². The summed E-state index contributed by atoms with van der Waals surface area (Å²) in [6, 6.07) is 10.1. The largest absolute Gasteiger partial charge is 0.355 e. The minimum absolute atomic E-state index is 0.0188. The van der Waals surface area contributed by atoms with Crippen molar-refractivity contribution in [2.45, 2.75) is 13.3 Å². The highest BCUT2D eigenvalue weighted by Gasteiger charge is 2.12. The van der Waals surface area contributed by atoms with Gasteiger partial charge in [-0.25, -0.2) is 8.42 Å². The minimum atomic E-state index is -3.61. The predicted molar refractivity (Wildman–Crippen MR) is 99.2 cm³/mol. The number of amides is 2. The third kappa shape index (κ3) is 6.94. The highest BCUT2D eigenvalue weighted by Crippen LogP contribution is 2.16. The van der Waals surface area contributed by atoms with Crippen LogP contribution in [-0.4, -0.2) is 32.5 Å². The van der Waals surface area contributed by atoms with Crippen LogP contribution in [0.4, 0.5) is 11.4 Å². The van der Waals surface area contributed by atoms with E-state index < -0.39 is 10.0 Å². The summed E-state index contributed by atoms with van der Waals surface area (Å²) in [6.45, 7) is 1.39. The van der Waals surface area contributed by atoms with E-state index in [1.165, 1.54) is 24.3 Å². The van der Waals surface area contributed by atoms with E-state index in [0.29, 0.717) is 11.4 Å². The Morgan fingerprint density at radius 3 is 2.56 bits per heavy atom. The fraction of sp³-hybridized carbons (Fsp3) is 0.250. The van der Waals surface area contributed by atoms with Gasteiger partial charge < -0.3 is 10.6 Å². The number of carbonyl (C=O) groups excluding carboxylic acids is 2. The first-order valence-corrected chi connectivity index (χ1v) is 10.0. The molecule has 0 atom stereocenters. The topological polar surface area (TPSA) is 104 Å². The lowest BCUT2D eigenvalue weighted by Gasteiger charge is -2.10. The van der Waals surface area contributed by atoms with Crippen LogP contribution in [0.5, 0.6) is 0 Å². The van der Waals surface area contributed by atoms with Crippen LogP contribution >= 0.6 is 11.3 Å². The summed E-state index contributed by atoms with van der Waals surface area (Å²) in [5.74, 6) is -0.702. The van der Waals surface area contributed by atoms with Crippen LogP contribution in [0.2, 0.25) is 0 Å². The standard InChI is InChI=1S/C16H19N3O4S2/c1-12(20)18-13-4-2-5-14(10-13)19-25(22,23)9-7-17-16(21)11-15-6-3-8-24-15/h2-6,8,10,19H,7,9,11H2,1H3,(H,17,21)(H,18,20). The van der Waals surface area contributed by atoms with Gasteiger partial charge in [0, 0.05) is 24.0 Å². The molecule has 0 saturated carbocycles. The Labute approximate surface area is 150 Å². The highest BCUT2D eigenvalue weighted by molar-refractivity contribution is 7.92. The maximum absolute atomic E-state index is 12.1. The summed E-state index contributed by atoms with van der Waals surface area (Å²) in [6.07, 6.45) is 0.240. The number of sulfonamides is 1. The van der Waals surface area contributed by atoms with E-state index in [9.17, 15) is 18.0 Å². The number of hydrogen-bond donors (Lipinski definition) is 3. The molecule has 2 rings (SSSR count). The molecule has 1 aromatic carbocycles. The molecule has 0 saturated heterocycles. The second-order valence-corrected chi connectivity index (χ2v) is 8.16. The number of nitrogens with one attached hydrogen (secondary N) is 3. The van der Waals surface area contributed by atoms with Crippen molar-refractivity contribution in [3.63, 3.8) is 0 Å². The lowest BCUT2D eigenvalue weighted by atomic mass is 10.3. The molecular formula is C16H19N3O4S2. The zero-order chi connectivity index (χ0) is 18.3. The van der Waals surface area contributed by atoms with Crippen LogP contribution < -0.4 is 15.4 Å². The van der Waals surface area contributed by atoms with Gasteiger partial charge in [-0.05, 0) is 29.6 Å². The summed E-state index contributed by atoms with van der Waals surface area (Å²) >= 11 is 1.48. The Balaban J connectivity index is 1.83. The summed E-state index contributed by atoms with van der Waals surface area (Å²) < 4.78 is 26.6. The maximum atomic E-state index is 12.1. The van der Waals surface area contributed by atoms with Gasteiger partial charge in [0.15, 0.2) is 0 Å². The van der Waals surface area contributed by atoms with E-state index in [2.05, 4.69) is 15.4 Å². The molecule has 25 heavy (non-hydrogen) atoms. The summed E-state index contributed by atoms with van der Waals surface area (Å²) in [5, 5.41) is 7.05. The monoisotopic (exact) mass is 381 g/mol. The second-order valence-electron chi connectivity index (χ2n) is 5.29. The molecule has 3 N–H and O–H groups in total. The van der Waals surface area contributed by atoms with Crippen molar-refractivity contribution in [1.29, 1.82) is 0 Å². The van der Waals surface area contributed by atoms with E-state index in [1.807, 2.05) is 17.5 Å². The van der Waals surface area contributed by atoms with Crippen LogP contribution in [0.25, 0.3) is 0 Å². The van der Waals surface area contributed by atoms with Crippen LogP contribution in [0.15, 0.2) is 41.8 Å². The summed E-state index contributed by atoms with van der Waals surface area (Å²) in [7, 11) is -3.61. The zero-order valence-electron chi connectivity index (χ0n) is 13.6. The molecule has 0 aliphatic rings. The molecule has 0 radical (unpaired) electrons. The van der Waals surface area contributed by atoms with Gasteiger partial charge in [0.05, 0.1) is 17.9 Å². The number of hydrogen-bond acceptors (Lipinski definition) is 5. The molecule has 1 aromatic heterocycles. The normalized spacial score (nSPS) is 10.9. The first-order valence-electron chi connectivity index (χ1n) is 7.51. The Hall–Kier alpha value is -2.39. The Kier molecular flexibility index (Phi) is 6.54. The first-order chi connectivity index (χ1) is 11.8. The van der Waals surface area contributed by atoms with Gasteiger partial charge in [-0.3, -0.25) is 14.3 Å². The third-order valence-electron chi connectivity index (χ3n) is 3.06. The van der Waals surface area contributed by atoms with Crippen molar-refractivity contribution in [2.75, 3.05) is 22.3 Å². The fourth-order valence-electron chi connectivity index (χ4n) is 2.05. The van der Waals surface area contributed by atoms with E-state index >= 15 is 0 Å². The SMILES string of the molecule is CC(=O)Nc1cccc(NS(=O)(=O)CCNC(=O)Cc2cccs2)c1. The number of thiophene rings is 1. The van der Waals surface area contributed by atoms with Crippen molar-refractivity contribution in [2.24, 2.45) is 0 Å². The van der Waals surface area contributed by atoms with E-state index in [1.54, 1.807) is 18.2 Å². The van der Waals surface area contributed by atoms with Crippen LogP contribution in [0, 0.1) is 0 Å². The zero-order valence-corrected chi connectivity index (χ0v) is 15.2. The molecule has 2 aromatic rings. The van der Waals surface area contributed by atoms with E-state index in [-0.39, 0.29) is 30.5 Å². The molecule has 9 heteroatoms. The molecule has 2 amide bonds. The van der Waals surface area contributed by atoms with Crippen molar-refractivity contribution >= 4 is 44.5 Å². The average molecular weight is 381 g/mol. The Morgan fingerprint density at radius 2 is 1.88 bits per heavy atom. The van der Waals surface area contributed by atoms with Crippen molar-refractivity contribution < 1.29 is 18.0 Å². The van der Waals surface area contributed by atoms with Gasteiger partial charge in [-0.2, -0.15) is 0 Å². The van der Waals surface area contributed by atoms with Crippen molar-refractivity contribution in [3.05, 3.63) is 46.7 Å². The molecule has 7 nitrogen and oxygen atoms in total. The first kappa shape index (κ1) is 18.9. The number of carbonyl (C=O) groups is 2. The van der Waals surface area contributed by atoms with E-state index in [0.717, 1.165) is 4.88 Å². The van der Waals surface area contributed by atoms with Gasteiger partial charge in [0.2, 0.25) is 21.8 Å². The number of rotatable bonds is 8. The van der Waals surface area contributed by atoms with Gasteiger partial charge in [-0.15, -0.1) is 11.3 Å². The smallest absolute Gasteiger partial charge is 0.234 e. The quantitative estimate of drug-likeness (QED) is 0.648. The molecule has 134 valence electrons. The molecule has 1 heterocycles. The third-order valence-corrected chi connectivity index (χ3v) is 5.23. The van der Waals surface area contributed by atoms with Gasteiger partial charge in [-0.1, -0.05) is 12.1 Å². The lowest BCUT2D eigenvalue weighted by Crippen LogP contribution is -2.32. The van der Waals surface area contributed by atoms with Crippen LogP contribution in [-0.2, 0) is 26.0 Å². The summed E-state index contributed by atoms with van der Waals surface area (Å²) in [4.78, 5) is 23.7. The van der Waals surface area contributed by atoms with Crippen LogP contribution in [0.1, 0.15) is 11.8 Å². The average Bonchev–Trinajstić information content (AvgIpc) is 2.98. The van der Waals surface area contributed by atoms with Crippen LogP contribution in [0.3, 0.4) is 0 Å². The molecule has 0 spiro atoms. The molecule has 0 bridgehead atoms. The fourth-order valence-corrected chi connectivity index (χ4v) is 3.72. The highest BCUT2D eigenvalue weighted by atomic mass is 32.2. The predicted octanol–water partition coefficient (Wildman–Crippen LogP) is 1.81. The Morgan fingerprint density at radius 1 is 1.12 bits per heavy atom. The van der Waals surface area contributed by atoms with Gasteiger partial charge >= 0.3 is 0 Å². The second kappa shape index (κ2) is 8.63. The minimum Gasteiger partial charge on any atom is -0.355 e. The van der Waals surface area contributed by atoms with Crippen molar-refractivity contribution in [3.8, 4) is 0 Å². The molecule has 0 fully saturated rings. The molecule has 0 aliphatic carbocycles. The van der Waals surface area contributed by atoms with Gasteiger partial charge in [0.25, 0.3) is 0 Å². The summed E-state index contributed by atoms with van der Waals surface area (Å²) in [5.41, 5.74) is 0.841. The lowest BCUT2D eigenvalue weighted by molar-refractivity contribution is -0.120. The molecule has 0 unspecified atom stereocenters.